The zero-order valence-corrected chi connectivity index (χ0v) is 17.7. The molecule has 0 aliphatic carbocycles. The topological polar surface area (TPSA) is 81.4 Å². The van der Waals surface area contributed by atoms with Gasteiger partial charge in [-0.05, 0) is 26.0 Å². The number of anilines is 2. The normalized spacial score (nSPS) is 22.6. The molecule has 0 radical (unpaired) electrons. The van der Waals surface area contributed by atoms with Crippen molar-refractivity contribution < 1.29 is 9.47 Å². The fraction of sp³-hybridized carbons (Fsp3) is 0.524. The van der Waals surface area contributed by atoms with Crippen molar-refractivity contribution in [2.45, 2.75) is 26.1 Å². The third-order valence-electron chi connectivity index (χ3n) is 5.54. The number of hydrogen-bond acceptors (Lipinski definition) is 8. The highest BCUT2D eigenvalue weighted by Crippen LogP contribution is 2.29. The van der Waals surface area contributed by atoms with E-state index in [9.17, 15) is 0 Å². The Kier molecular flexibility index (Phi) is 5.00. The Bertz CT molecular complexity index is 1040. The Hall–Kier alpha value is -2.78. The van der Waals surface area contributed by atoms with E-state index in [0.29, 0.717) is 24.8 Å². The number of rotatable bonds is 3. The van der Waals surface area contributed by atoms with Crippen molar-refractivity contribution in [2.75, 3.05) is 49.2 Å². The van der Waals surface area contributed by atoms with Crippen molar-refractivity contribution in [1.29, 1.82) is 0 Å². The molecule has 2 aliphatic rings. The highest BCUT2D eigenvalue weighted by molar-refractivity contribution is 5.89. The number of fused-ring (bicyclic) bond motifs is 1. The lowest BCUT2D eigenvalue weighted by atomic mass is 10.2. The first-order chi connectivity index (χ1) is 14.6. The molecule has 0 N–H and O–H groups in total. The number of morpholine rings is 2. The average molecular weight is 409 g/mol. The number of hydrogen-bond donors (Lipinski definition) is 0. The van der Waals surface area contributed by atoms with Gasteiger partial charge in [-0.3, -0.25) is 4.68 Å². The van der Waals surface area contributed by atoms with Crippen LogP contribution in [0.15, 0.2) is 24.5 Å². The van der Waals surface area contributed by atoms with Crippen LogP contribution < -0.4 is 9.80 Å². The molecule has 9 nitrogen and oxygen atoms in total. The van der Waals surface area contributed by atoms with Gasteiger partial charge in [-0.15, -0.1) is 0 Å². The molecule has 158 valence electrons. The van der Waals surface area contributed by atoms with Crippen LogP contribution in [0, 0.1) is 0 Å². The summed E-state index contributed by atoms with van der Waals surface area (Å²) in [5.41, 5.74) is 2.53. The Morgan fingerprint density at radius 3 is 2.43 bits per heavy atom. The summed E-state index contributed by atoms with van der Waals surface area (Å²) >= 11 is 0. The third kappa shape index (κ3) is 3.70. The fourth-order valence-electron chi connectivity index (χ4n) is 4.20. The molecule has 2 atom stereocenters. The first-order valence-electron chi connectivity index (χ1n) is 10.5. The van der Waals surface area contributed by atoms with Gasteiger partial charge in [-0.2, -0.15) is 15.1 Å². The molecule has 9 heteroatoms. The third-order valence-corrected chi connectivity index (χ3v) is 5.54. The molecule has 0 spiro atoms. The van der Waals surface area contributed by atoms with E-state index in [1.807, 2.05) is 25.5 Å². The minimum absolute atomic E-state index is 0.134. The summed E-state index contributed by atoms with van der Waals surface area (Å²) in [6.45, 7) is 8.73. The number of pyridine rings is 1. The van der Waals surface area contributed by atoms with Crippen molar-refractivity contribution >= 4 is 22.8 Å². The van der Waals surface area contributed by atoms with Crippen LogP contribution in [0.1, 0.15) is 13.8 Å². The van der Waals surface area contributed by atoms with Gasteiger partial charge < -0.3 is 19.3 Å². The molecule has 5 rings (SSSR count). The predicted molar refractivity (Wildman–Crippen MR) is 115 cm³/mol. The van der Waals surface area contributed by atoms with Crippen molar-refractivity contribution in [3.63, 3.8) is 0 Å². The number of nitrogens with zero attached hydrogens (tertiary/aromatic N) is 7. The molecule has 3 aromatic heterocycles. The molecule has 2 unspecified atom stereocenters. The van der Waals surface area contributed by atoms with Crippen LogP contribution in [-0.2, 0) is 16.5 Å². The van der Waals surface area contributed by atoms with Crippen LogP contribution in [0.5, 0.6) is 0 Å². The second-order valence-electron chi connectivity index (χ2n) is 8.08. The SMILES string of the molecule is CC1CN(c2nc(N3CCOCC3)c3ccc(-c4cnn(C)c4)nc3n2)CC(C)O1. The average Bonchev–Trinajstić information content (AvgIpc) is 3.19. The van der Waals surface area contributed by atoms with Gasteiger partial charge >= 0.3 is 0 Å². The maximum Gasteiger partial charge on any atom is 0.229 e. The molecular formula is C21H27N7O2. The van der Waals surface area contributed by atoms with Crippen molar-refractivity contribution in [3.05, 3.63) is 24.5 Å². The molecule has 0 aromatic carbocycles. The van der Waals surface area contributed by atoms with Gasteiger partial charge in [0, 0.05) is 45.0 Å². The summed E-state index contributed by atoms with van der Waals surface area (Å²) in [5, 5.41) is 5.23. The highest BCUT2D eigenvalue weighted by atomic mass is 16.5. The molecule has 2 aliphatic heterocycles. The molecule has 2 fully saturated rings. The standard InChI is InChI=1S/C21H27N7O2/c1-14-11-28(12-15(2)30-14)21-24-19-17(20(25-21)27-6-8-29-9-7-27)4-5-18(23-19)16-10-22-26(3)13-16/h4-5,10,13-15H,6-9,11-12H2,1-3H3. The summed E-state index contributed by atoms with van der Waals surface area (Å²) < 4.78 is 13.2. The van der Waals surface area contributed by atoms with E-state index in [2.05, 4.69) is 34.8 Å². The summed E-state index contributed by atoms with van der Waals surface area (Å²) in [5.74, 6) is 1.64. The molecular weight excluding hydrogens is 382 g/mol. The van der Waals surface area contributed by atoms with Crippen molar-refractivity contribution in [1.82, 2.24) is 24.7 Å². The minimum atomic E-state index is 0.134. The quantitative estimate of drug-likeness (QED) is 0.649. The van der Waals surface area contributed by atoms with E-state index in [-0.39, 0.29) is 12.2 Å². The molecule has 5 heterocycles. The monoisotopic (exact) mass is 409 g/mol. The van der Waals surface area contributed by atoms with E-state index in [1.54, 1.807) is 4.68 Å². The Morgan fingerprint density at radius 2 is 1.73 bits per heavy atom. The van der Waals surface area contributed by atoms with Gasteiger partial charge in [-0.1, -0.05) is 0 Å². The summed E-state index contributed by atoms with van der Waals surface area (Å²) in [7, 11) is 1.90. The van der Waals surface area contributed by atoms with Gasteiger partial charge in [0.25, 0.3) is 0 Å². The smallest absolute Gasteiger partial charge is 0.229 e. The fourth-order valence-corrected chi connectivity index (χ4v) is 4.20. The maximum absolute atomic E-state index is 5.90. The van der Waals surface area contributed by atoms with Gasteiger partial charge in [-0.25, -0.2) is 4.98 Å². The molecule has 30 heavy (non-hydrogen) atoms. The lowest BCUT2D eigenvalue weighted by Gasteiger charge is -2.36. The van der Waals surface area contributed by atoms with Crippen LogP contribution >= 0.6 is 0 Å². The molecule has 0 saturated carbocycles. The van der Waals surface area contributed by atoms with Gasteiger partial charge in [0.2, 0.25) is 5.95 Å². The van der Waals surface area contributed by atoms with Crippen LogP contribution in [-0.4, -0.2) is 76.3 Å². The van der Waals surface area contributed by atoms with E-state index in [4.69, 9.17) is 24.4 Å². The molecule has 3 aromatic rings. The molecule has 0 bridgehead atoms. The van der Waals surface area contributed by atoms with E-state index < -0.39 is 0 Å². The first kappa shape index (κ1) is 19.2. The Labute approximate surface area is 175 Å². The van der Waals surface area contributed by atoms with Crippen LogP contribution in [0.25, 0.3) is 22.3 Å². The minimum Gasteiger partial charge on any atom is -0.378 e. The van der Waals surface area contributed by atoms with E-state index >= 15 is 0 Å². The Morgan fingerprint density at radius 1 is 0.967 bits per heavy atom. The molecule has 0 amide bonds. The molecule has 2 saturated heterocycles. The van der Waals surface area contributed by atoms with Crippen LogP contribution in [0.2, 0.25) is 0 Å². The van der Waals surface area contributed by atoms with Gasteiger partial charge in [0.15, 0.2) is 5.65 Å². The lowest BCUT2D eigenvalue weighted by molar-refractivity contribution is -0.00570. The first-order valence-corrected chi connectivity index (χ1v) is 10.5. The van der Waals surface area contributed by atoms with Crippen molar-refractivity contribution in [2.24, 2.45) is 7.05 Å². The summed E-state index contributed by atoms with van der Waals surface area (Å²) in [6, 6.07) is 4.09. The summed E-state index contributed by atoms with van der Waals surface area (Å²) in [4.78, 5) is 19.2. The van der Waals surface area contributed by atoms with E-state index in [0.717, 1.165) is 48.6 Å². The Balaban J connectivity index is 1.62. The van der Waals surface area contributed by atoms with Gasteiger partial charge in [0.05, 0.1) is 42.7 Å². The second-order valence-corrected chi connectivity index (χ2v) is 8.08. The van der Waals surface area contributed by atoms with E-state index in [1.165, 1.54) is 0 Å². The largest absolute Gasteiger partial charge is 0.378 e. The number of ether oxygens (including phenoxy) is 2. The summed E-state index contributed by atoms with van der Waals surface area (Å²) in [6.07, 6.45) is 4.05. The number of aryl methyl sites for hydroxylation is 1. The predicted octanol–water partition coefficient (Wildman–Crippen LogP) is 1.88. The van der Waals surface area contributed by atoms with Crippen LogP contribution in [0.3, 0.4) is 0 Å². The maximum atomic E-state index is 5.90. The highest BCUT2D eigenvalue weighted by Gasteiger charge is 2.26. The van der Waals surface area contributed by atoms with Crippen LogP contribution in [0.4, 0.5) is 11.8 Å². The lowest BCUT2D eigenvalue weighted by Crippen LogP contribution is -2.46. The zero-order chi connectivity index (χ0) is 20.7. The van der Waals surface area contributed by atoms with Gasteiger partial charge in [0.1, 0.15) is 5.82 Å². The second kappa shape index (κ2) is 7.81. The van der Waals surface area contributed by atoms with Crippen molar-refractivity contribution in [3.8, 4) is 11.3 Å². The zero-order valence-electron chi connectivity index (χ0n) is 17.7. The number of aromatic nitrogens is 5.